The van der Waals surface area contributed by atoms with Crippen LogP contribution >= 0.6 is 0 Å². The van der Waals surface area contributed by atoms with Gasteiger partial charge in [0.05, 0.1) is 13.2 Å². The van der Waals surface area contributed by atoms with Gasteiger partial charge in [-0.25, -0.2) is 0 Å². The van der Waals surface area contributed by atoms with Gasteiger partial charge in [-0.15, -0.1) is 0 Å². The first-order valence-corrected chi connectivity index (χ1v) is 3.48. The summed E-state index contributed by atoms with van der Waals surface area (Å²) in [7, 11) is 0. The van der Waals surface area contributed by atoms with Crippen molar-refractivity contribution in [3.05, 3.63) is 21.3 Å². The predicted molar refractivity (Wildman–Crippen MR) is 50.9 cm³/mol. The van der Waals surface area contributed by atoms with E-state index in [0.717, 1.165) is 13.2 Å². The monoisotopic (exact) mass is 634 g/mol. The molecule has 1 fully saturated rings. The fourth-order valence-corrected chi connectivity index (χ4v) is 0. The van der Waals surface area contributed by atoms with Crippen molar-refractivity contribution in [2.45, 2.75) is 13.3 Å². The van der Waals surface area contributed by atoms with E-state index in [9.17, 15) is 4.79 Å². The van der Waals surface area contributed by atoms with Crippen molar-refractivity contribution in [1.29, 1.82) is 0 Å². The van der Waals surface area contributed by atoms with E-state index < -0.39 is 5.97 Å². The number of ether oxygens (including phenoxy) is 1. The molecule has 0 aromatic carbocycles. The van der Waals surface area contributed by atoms with E-state index in [1.165, 1.54) is 0 Å². The molecule has 0 atom stereocenters. The largest absolute Gasteiger partial charge is 0.503 e. The van der Waals surface area contributed by atoms with Gasteiger partial charge in [0.2, 0.25) is 0 Å². The molecule has 1 saturated heterocycles. The Morgan fingerprint density at radius 2 is 1.17 bits per heavy atom. The van der Waals surface area contributed by atoms with Crippen molar-refractivity contribution in [2.75, 3.05) is 13.2 Å². The van der Waals surface area contributed by atoms with Crippen LogP contribution in [0.1, 0.15) is 13.3 Å². The van der Waals surface area contributed by atoms with Crippen LogP contribution in [0, 0.1) is 21.3 Å². The van der Waals surface area contributed by atoms with Crippen LogP contribution in [0.2, 0.25) is 0 Å². The molecule has 0 amide bonds. The van der Waals surface area contributed by atoms with Gasteiger partial charge in [0.25, 0.3) is 0 Å². The summed E-state index contributed by atoms with van der Waals surface area (Å²) in [5.41, 5.74) is 0. The summed E-state index contributed by atoms with van der Waals surface area (Å²) in [5.74, 6) is -1.08. The second-order valence-corrected chi connectivity index (χ2v) is 1.90. The molecule has 0 unspecified atom stereocenters. The van der Waals surface area contributed by atoms with Gasteiger partial charge >= 0.3 is 0 Å². The number of carboxylic acid groups (broad SMARTS) is 1. The van der Waals surface area contributed by atoms with Crippen molar-refractivity contribution >= 4 is 11.8 Å². The van der Waals surface area contributed by atoms with Crippen LogP contribution in [0.25, 0.3) is 0 Å². The van der Waals surface area contributed by atoms with E-state index in [0.29, 0.717) is 6.42 Å². The molecule has 0 spiro atoms. The maximum Gasteiger partial charge on any atom is 0.161 e. The van der Waals surface area contributed by atoms with E-state index in [2.05, 4.69) is 18.6 Å². The van der Waals surface area contributed by atoms with Gasteiger partial charge in [-0.05, 0) is 12.2 Å². The van der Waals surface area contributed by atoms with Gasteiger partial charge in [0, 0.05) is 164 Å². The zero-order chi connectivity index (χ0) is 9.98. The van der Waals surface area contributed by atoms with Crippen molar-refractivity contribution in [3.8, 4) is 0 Å². The second-order valence-electron chi connectivity index (χ2n) is 1.90. The summed E-state index contributed by atoms with van der Waals surface area (Å²) >= 11 is 0. The van der Waals surface area contributed by atoms with Gasteiger partial charge in [-0.3, -0.25) is 11.7 Å². The quantitative estimate of drug-likeness (QED) is 0.348. The number of aliphatic carboxylic acids is 1. The molecule has 1 aliphatic heterocycles. The maximum absolute atomic E-state index is 9.70. The molecule has 1 aliphatic rings. The zero-order valence-corrected chi connectivity index (χ0v) is 25.3. The van der Waals surface area contributed by atoms with Crippen LogP contribution in [0.5, 0.6) is 0 Å². The summed E-state index contributed by atoms with van der Waals surface area (Å²) < 4.78 is 4.50. The normalized spacial score (nSPS) is 7.39. The number of Topliss-reactive ketones (excluding diaryl/α,β-unsaturated/α-hetero) is 1. The molecule has 1 N–H and O–H groups in total. The Bertz CT molecular complexity index is 138. The Balaban J connectivity index is -0.0000000120. The Hall–Kier alpha value is 4.36. The SMILES string of the molecule is C1CO1.[CH2-]C(=O)CC.[CH2-]C(=O)O.[CH3-].[Y].[Y].[Y].[Y].[Y]. The van der Waals surface area contributed by atoms with E-state index in [1.807, 2.05) is 0 Å². The molecule has 0 aliphatic carbocycles. The van der Waals surface area contributed by atoms with Gasteiger partial charge in [-0.1, -0.05) is 6.92 Å². The molecule has 9 heteroatoms. The van der Waals surface area contributed by atoms with E-state index in [1.54, 1.807) is 6.92 Å². The fourth-order valence-electron chi connectivity index (χ4n) is 0. The average Bonchev–Trinajstić information content (AvgIpc) is 2.70. The summed E-state index contributed by atoms with van der Waals surface area (Å²) in [6.07, 6.45) is 0.556. The molecule has 18 heavy (non-hydrogen) atoms. The number of carboxylic acids is 1. The summed E-state index contributed by atoms with van der Waals surface area (Å²) in [5, 5.41) is 7.31. The van der Waals surface area contributed by atoms with Gasteiger partial charge in [0.1, 0.15) is 0 Å². The Labute approximate surface area is 237 Å². The van der Waals surface area contributed by atoms with Gasteiger partial charge in [-0.2, -0.15) is 0 Å². The first-order chi connectivity index (χ1) is 5.50. The van der Waals surface area contributed by atoms with Crippen LogP contribution < -0.4 is 0 Å². The number of hydrogen-bond acceptors (Lipinski definition) is 3. The number of rotatable bonds is 1. The molecule has 0 aromatic heterocycles. The minimum Gasteiger partial charge on any atom is -0.503 e. The third-order valence-corrected chi connectivity index (χ3v) is 0.598. The number of carbonyl (C=O) groups excluding carboxylic acids is 1. The van der Waals surface area contributed by atoms with Crippen molar-refractivity contribution < 1.29 is 183 Å². The summed E-state index contributed by atoms with van der Waals surface area (Å²) in [6, 6.07) is 0. The predicted octanol–water partition coefficient (Wildman–Crippen LogP) is 1.16. The number of carbonyl (C=O) groups is 2. The van der Waals surface area contributed by atoms with Crippen molar-refractivity contribution in [2.24, 2.45) is 0 Å². The molecule has 4 nitrogen and oxygen atoms in total. The van der Waals surface area contributed by atoms with Crippen LogP contribution in [-0.4, -0.2) is 30.1 Å². The van der Waals surface area contributed by atoms with E-state index >= 15 is 0 Å². The summed E-state index contributed by atoms with van der Waals surface area (Å²) in [4.78, 5) is 18.6. The van der Waals surface area contributed by atoms with Crippen LogP contribution in [0.15, 0.2) is 0 Å². The van der Waals surface area contributed by atoms with Crippen molar-refractivity contribution in [3.63, 3.8) is 0 Å². The van der Waals surface area contributed by atoms with E-state index in [-0.39, 0.29) is 177 Å². The van der Waals surface area contributed by atoms with Crippen LogP contribution in [-0.2, 0) is 178 Å². The Morgan fingerprint density at radius 3 is 1.17 bits per heavy atom. The standard InChI is InChI=1S/C4H7O.C2H3O2.C2H4O.CH3.5Y/c1-3-4(2)5;1-2(3)4;1-2-3-1;;;;;;/h2-3H2,1H3;1H2,(H,3,4);1-2H2;1H3;;;;;/q2*-1;;-1;;;;;. The van der Waals surface area contributed by atoms with Gasteiger partial charge < -0.3 is 29.0 Å². The summed E-state index contributed by atoms with van der Waals surface area (Å²) in [6.45, 7) is 9.46. The molecule has 5 radical (unpaired) electrons. The zero-order valence-electron chi connectivity index (χ0n) is 11.1. The molecule has 1 heterocycles. The molecule has 95 valence electrons. The maximum atomic E-state index is 9.70. The van der Waals surface area contributed by atoms with E-state index in [4.69, 9.17) is 9.90 Å². The smallest absolute Gasteiger partial charge is 0.161 e. The topological polar surface area (TPSA) is 66.9 Å². The minimum atomic E-state index is -1.08. The molecular formula is C9H17O4Y5-3. The van der Waals surface area contributed by atoms with Crippen LogP contribution in [0.4, 0.5) is 0 Å². The molecule has 1 rings (SSSR count). The number of epoxide rings is 1. The third kappa shape index (κ3) is 141. The molecule has 0 bridgehead atoms. The molecule has 0 saturated carbocycles. The van der Waals surface area contributed by atoms with Gasteiger partial charge in [0.15, 0.2) is 5.97 Å². The fraction of sp³-hybridized carbons (Fsp3) is 0.444. The minimum absolute atomic E-state index is 0. The third-order valence-electron chi connectivity index (χ3n) is 0.598. The Kier molecular flexibility index (Phi) is 118. The van der Waals surface area contributed by atoms with Crippen LogP contribution in [0.3, 0.4) is 0 Å². The molecule has 0 aromatic rings. The van der Waals surface area contributed by atoms with Crippen molar-refractivity contribution in [1.82, 2.24) is 0 Å². The molecular weight excluding hydrogens is 617 g/mol. The number of ketones is 1. The first kappa shape index (κ1) is 49.5. The first-order valence-electron chi connectivity index (χ1n) is 3.48. The number of hydrogen-bond donors (Lipinski definition) is 1. The Morgan fingerprint density at radius 1 is 1.06 bits per heavy atom. The average molecular weight is 634 g/mol. The second kappa shape index (κ2) is 42.9.